The number of rotatable bonds is 3. The minimum Gasteiger partial charge on any atom is -0.425 e. The zero-order chi connectivity index (χ0) is 13.8. The van der Waals surface area contributed by atoms with E-state index in [0.717, 1.165) is 31.2 Å². The van der Waals surface area contributed by atoms with Crippen LogP contribution in [-0.4, -0.2) is 11.8 Å². The number of ether oxygens (including phenoxy) is 1. The Bertz CT molecular complexity index is 485. The Morgan fingerprint density at radius 3 is 2.47 bits per heavy atom. The third-order valence-corrected chi connectivity index (χ3v) is 3.73. The maximum Gasteiger partial charge on any atom is 0.314 e. The van der Waals surface area contributed by atoms with E-state index in [-0.39, 0.29) is 17.7 Å². The monoisotopic (exact) mass is 260 g/mol. The predicted octanol–water partition coefficient (Wildman–Crippen LogP) is 3.68. The fourth-order valence-corrected chi connectivity index (χ4v) is 2.59. The number of carbonyl (C=O) groups excluding carboxylic acids is 2. The molecule has 3 nitrogen and oxygen atoms in total. The second-order valence-corrected chi connectivity index (χ2v) is 5.26. The second kappa shape index (κ2) is 6.00. The number of esters is 1. The lowest BCUT2D eigenvalue weighted by atomic mass is 9.89. The summed E-state index contributed by atoms with van der Waals surface area (Å²) in [5, 5.41) is 0. The molecule has 0 heterocycles. The third kappa shape index (κ3) is 3.22. The summed E-state index contributed by atoms with van der Waals surface area (Å²) in [7, 11) is 0. The van der Waals surface area contributed by atoms with Gasteiger partial charge in [-0.05, 0) is 38.3 Å². The van der Waals surface area contributed by atoms with Crippen LogP contribution in [0.3, 0.4) is 0 Å². The van der Waals surface area contributed by atoms with Gasteiger partial charge in [0.15, 0.2) is 5.78 Å². The van der Waals surface area contributed by atoms with Crippen LogP contribution < -0.4 is 4.74 Å². The molecule has 1 aromatic carbocycles. The van der Waals surface area contributed by atoms with Crippen LogP contribution in [0.15, 0.2) is 18.2 Å². The molecule has 0 spiro atoms. The highest BCUT2D eigenvalue weighted by molar-refractivity contribution is 5.98. The maximum atomic E-state index is 12.2. The van der Waals surface area contributed by atoms with Crippen LogP contribution in [0.5, 0.6) is 5.75 Å². The summed E-state index contributed by atoms with van der Waals surface area (Å²) in [5.41, 5.74) is 1.32. The van der Waals surface area contributed by atoms with E-state index in [0.29, 0.717) is 11.3 Å². The molecular weight excluding hydrogens is 240 g/mol. The van der Waals surface area contributed by atoms with E-state index in [4.69, 9.17) is 4.74 Å². The lowest BCUT2D eigenvalue weighted by molar-refractivity contribution is -0.140. The van der Waals surface area contributed by atoms with E-state index in [9.17, 15) is 9.59 Å². The Morgan fingerprint density at radius 2 is 1.84 bits per heavy atom. The minimum atomic E-state index is -0.184. The van der Waals surface area contributed by atoms with Gasteiger partial charge in [-0.1, -0.05) is 31.4 Å². The van der Waals surface area contributed by atoms with Crippen molar-refractivity contribution in [3.05, 3.63) is 29.3 Å². The van der Waals surface area contributed by atoms with E-state index >= 15 is 0 Å². The van der Waals surface area contributed by atoms with E-state index in [1.54, 1.807) is 6.07 Å². The predicted molar refractivity (Wildman–Crippen MR) is 73.4 cm³/mol. The summed E-state index contributed by atoms with van der Waals surface area (Å²) in [4.78, 5) is 23.7. The molecule has 0 unspecified atom stereocenters. The molecule has 0 bridgehead atoms. The molecule has 0 saturated heterocycles. The van der Waals surface area contributed by atoms with Gasteiger partial charge in [0.2, 0.25) is 0 Å². The SMILES string of the molecule is CC(=O)c1cccc(C)c1OC(=O)C1CCCCC1. The fourth-order valence-electron chi connectivity index (χ4n) is 2.59. The lowest BCUT2D eigenvalue weighted by Crippen LogP contribution is -2.23. The number of hydrogen-bond acceptors (Lipinski definition) is 3. The van der Waals surface area contributed by atoms with Gasteiger partial charge in [-0.3, -0.25) is 9.59 Å². The maximum absolute atomic E-state index is 12.2. The number of carbonyl (C=O) groups is 2. The summed E-state index contributed by atoms with van der Waals surface area (Å²) < 4.78 is 5.52. The smallest absolute Gasteiger partial charge is 0.314 e. The van der Waals surface area contributed by atoms with E-state index < -0.39 is 0 Å². The highest BCUT2D eigenvalue weighted by Gasteiger charge is 2.24. The van der Waals surface area contributed by atoms with Gasteiger partial charge in [0.1, 0.15) is 5.75 Å². The normalized spacial score (nSPS) is 16.1. The summed E-state index contributed by atoms with van der Waals surface area (Å²) in [5.74, 6) is 0.172. The molecule has 0 atom stereocenters. The van der Waals surface area contributed by atoms with Crippen molar-refractivity contribution in [1.82, 2.24) is 0 Å². The molecule has 0 aromatic heterocycles. The van der Waals surface area contributed by atoms with E-state index in [1.807, 2.05) is 19.1 Å². The number of para-hydroxylation sites is 1. The molecule has 1 aliphatic carbocycles. The Morgan fingerprint density at radius 1 is 1.16 bits per heavy atom. The molecular formula is C16H20O3. The van der Waals surface area contributed by atoms with Crippen molar-refractivity contribution < 1.29 is 14.3 Å². The van der Waals surface area contributed by atoms with Crippen LogP contribution in [0.4, 0.5) is 0 Å². The first-order valence-corrected chi connectivity index (χ1v) is 6.92. The average molecular weight is 260 g/mol. The Hall–Kier alpha value is -1.64. The molecule has 2 rings (SSSR count). The molecule has 0 radical (unpaired) electrons. The van der Waals surface area contributed by atoms with Crippen LogP contribution in [0.1, 0.15) is 54.9 Å². The first-order chi connectivity index (χ1) is 9.09. The summed E-state index contributed by atoms with van der Waals surface area (Å²) in [6.07, 6.45) is 5.19. The molecule has 1 saturated carbocycles. The van der Waals surface area contributed by atoms with Crippen molar-refractivity contribution in [3.8, 4) is 5.75 Å². The second-order valence-electron chi connectivity index (χ2n) is 5.26. The molecule has 1 fully saturated rings. The minimum absolute atomic E-state index is 0.00633. The number of hydrogen-bond donors (Lipinski definition) is 0. The van der Waals surface area contributed by atoms with Crippen LogP contribution in [0, 0.1) is 12.8 Å². The summed E-state index contributed by atoms with van der Waals surface area (Å²) in [6.45, 7) is 3.35. The molecule has 1 aromatic rings. The van der Waals surface area contributed by atoms with Crippen molar-refractivity contribution in [2.24, 2.45) is 5.92 Å². The largest absolute Gasteiger partial charge is 0.425 e. The van der Waals surface area contributed by atoms with Crippen molar-refractivity contribution in [2.75, 3.05) is 0 Å². The van der Waals surface area contributed by atoms with Gasteiger partial charge in [-0.25, -0.2) is 0 Å². The van der Waals surface area contributed by atoms with Crippen LogP contribution >= 0.6 is 0 Å². The number of aryl methyl sites for hydroxylation is 1. The standard InChI is InChI=1S/C16H20O3/c1-11-7-6-10-14(12(2)17)15(11)19-16(18)13-8-4-3-5-9-13/h6-7,10,13H,3-5,8-9H2,1-2H3. The number of Topliss-reactive ketones (excluding diaryl/α,β-unsaturated/α-hetero) is 1. The van der Waals surface area contributed by atoms with Gasteiger partial charge in [0.25, 0.3) is 0 Å². The number of ketones is 1. The molecule has 0 amide bonds. The quantitative estimate of drug-likeness (QED) is 0.473. The van der Waals surface area contributed by atoms with Gasteiger partial charge in [-0.2, -0.15) is 0 Å². The Kier molecular flexibility index (Phi) is 4.35. The molecule has 0 N–H and O–H groups in total. The molecule has 102 valence electrons. The Labute approximate surface area is 114 Å². The third-order valence-electron chi connectivity index (χ3n) is 3.73. The van der Waals surface area contributed by atoms with Crippen molar-refractivity contribution >= 4 is 11.8 Å². The van der Waals surface area contributed by atoms with Crippen molar-refractivity contribution in [2.45, 2.75) is 46.0 Å². The topological polar surface area (TPSA) is 43.4 Å². The van der Waals surface area contributed by atoms with Crippen molar-refractivity contribution in [3.63, 3.8) is 0 Å². The van der Waals surface area contributed by atoms with Crippen LogP contribution in [-0.2, 0) is 4.79 Å². The zero-order valence-electron chi connectivity index (χ0n) is 11.6. The molecule has 19 heavy (non-hydrogen) atoms. The average Bonchev–Trinajstić information content (AvgIpc) is 2.41. The van der Waals surface area contributed by atoms with Crippen LogP contribution in [0.2, 0.25) is 0 Å². The van der Waals surface area contributed by atoms with Gasteiger partial charge >= 0.3 is 5.97 Å². The molecule has 1 aliphatic rings. The zero-order valence-corrected chi connectivity index (χ0v) is 11.6. The van der Waals surface area contributed by atoms with Crippen LogP contribution in [0.25, 0.3) is 0 Å². The fraction of sp³-hybridized carbons (Fsp3) is 0.500. The lowest BCUT2D eigenvalue weighted by Gasteiger charge is -2.21. The molecule has 0 aliphatic heterocycles. The van der Waals surface area contributed by atoms with Crippen molar-refractivity contribution in [1.29, 1.82) is 0 Å². The van der Waals surface area contributed by atoms with E-state index in [1.165, 1.54) is 13.3 Å². The highest BCUT2D eigenvalue weighted by Crippen LogP contribution is 2.29. The molecule has 3 heteroatoms. The summed E-state index contributed by atoms with van der Waals surface area (Å²) in [6, 6.07) is 5.37. The van der Waals surface area contributed by atoms with Gasteiger partial charge in [0.05, 0.1) is 11.5 Å². The first-order valence-electron chi connectivity index (χ1n) is 6.92. The van der Waals surface area contributed by atoms with Gasteiger partial charge in [0, 0.05) is 0 Å². The Balaban J connectivity index is 2.18. The van der Waals surface area contributed by atoms with E-state index in [2.05, 4.69) is 0 Å². The number of benzene rings is 1. The first kappa shape index (κ1) is 13.8. The van der Waals surface area contributed by atoms with Gasteiger partial charge < -0.3 is 4.74 Å². The highest BCUT2D eigenvalue weighted by atomic mass is 16.5. The van der Waals surface area contributed by atoms with Gasteiger partial charge in [-0.15, -0.1) is 0 Å². The summed E-state index contributed by atoms with van der Waals surface area (Å²) >= 11 is 0.